The highest BCUT2D eigenvalue weighted by Crippen LogP contribution is 2.39. The summed E-state index contributed by atoms with van der Waals surface area (Å²) in [5, 5.41) is 3.21. The van der Waals surface area contributed by atoms with Crippen LogP contribution in [0.5, 0.6) is 0 Å². The van der Waals surface area contributed by atoms with E-state index < -0.39 is 28.9 Å². The number of nitrogens with one attached hydrogen (secondary N) is 1. The predicted octanol–water partition coefficient (Wildman–Crippen LogP) is 7.41. The van der Waals surface area contributed by atoms with Crippen LogP contribution in [-0.4, -0.2) is 4.98 Å². The maximum atomic E-state index is 14.6. The SMILES string of the molecule is C=C/C=C(\C=C)CC(NCc1ccccc1F)(c1cc(F)cc(C(F)(F)F)c1)c1ccc(C)cn1. The molecule has 0 saturated carbocycles. The number of aromatic nitrogens is 1. The van der Waals surface area contributed by atoms with Crippen molar-refractivity contribution in [3.63, 3.8) is 0 Å². The highest BCUT2D eigenvalue weighted by atomic mass is 19.4. The third-order valence-electron chi connectivity index (χ3n) is 5.67. The monoisotopic (exact) mass is 484 g/mol. The average molecular weight is 485 g/mol. The van der Waals surface area contributed by atoms with Crippen LogP contribution >= 0.6 is 0 Å². The average Bonchev–Trinajstić information content (AvgIpc) is 2.81. The van der Waals surface area contributed by atoms with Crippen LogP contribution in [0.1, 0.15) is 34.4 Å². The Morgan fingerprint density at radius 2 is 1.71 bits per heavy atom. The van der Waals surface area contributed by atoms with Crippen molar-refractivity contribution in [3.05, 3.63) is 137 Å². The van der Waals surface area contributed by atoms with E-state index in [9.17, 15) is 22.0 Å². The van der Waals surface area contributed by atoms with Crippen molar-refractivity contribution in [1.29, 1.82) is 0 Å². The molecule has 0 bridgehead atoms. The van der Waals surface area contributed by atoms with Crippen LogP contribution in [0.2, 0.25) is 0 Å². The van der Waals surface area contributed by atoms with Crippen LogP contribution in [-0.2, 0) is 18.3 Å². The number of hydrogen-bond acceptors (Lipinski definition) is 2. The van der Waals surface area contributed by atoms with Gasteiger partial charge in [0, 0.05) is 24.7 Å². The van der Waals surface area contributed by atoms with Gasteiger partial charge in [0.15, 0.2) is 0 Å². The fourth-order valence-corrected chi connectivity index (χ4v) is 3.86. The molecule has 3 rings (SSSR count). The van der Waals surface area contributed by atoms with Gasteiger partial charge in [-0.05, 0) is 54.0 Å². The first-order chi connectivity index (χ1) is 16.6. The van der Waals surface area contributed by atoms with Crippen molar-refractivity contribution in [2.24, 2.45) is 0 Å². The van der Waals surface area contributed by atoms with Crippen LogP contribution < -0.4 is 5.32 Å². The zero-order valence-electron chi connectivity index (χ0n) is 19.2. The summed E-state index contributed by atoms with van der Waals surface area (Å²) in [7, 11) is 0. The highest BCUT2D eigenvalue weighted by molar-refractivity contribution is 5.42. The first-order valence-corrected chi connectivity index (χ1v) is 10.8. The lowest BCUT2D eigenvalue weighted by Gasteiger charge is -2.36. The standard InChI is InChI=1S/C28H25F5N2/c1-4-8-20(5-2)16-27(26-12-11-19(3)17-34-26,35-18-21-9-6-7-10-25(21)30)22-13-23(28(31,32)33)15-24(29)14-22/h4-15,17,35H,1-2,16,18H2,3H3/b20-8+. The lowest BCUT2D eigenvalue weighted by atomic mass is 9.79. The summed E-state index contributed by atoms with van der Waals surface area (Å²) in [5.74, 6) is -1.53. The Labute approximate surface area is 201 Å². The summed E-state index contributed by atoms with van der Waals surface area (Å²) in [6.45, 7) is 9.24. The number of hydrogen-bond donors (Lipinski definition) is 1. The van der Waals surface area contributed by atoms with Gasteiger partial charge in [0.05, 0.1) is 16.8 Å². The van der Waals surface area contributed by atoms with Crippen molar-refractivity contribution >= 4 is 0 Å². The molecule has 0 saturated heterocycles. The second-order valence-corrected chi connectivity index (χ2v) is 8.16. The topological polar surface area (TPSA) is 24.9 Å². The fourth-order valence-electron chi connectivity index (χ4n) is 3.86. The largest absolute Gasteiger partial charge is 0.416 e. The number of benzene rings is 2. The minimum Gasteiger partial charge on any atom is -0.298 e. The van der Waals surface area contributed by atoms with Gasteiger partial charge in [-0.15, -0.1) is 0 Å². The summed E-state index contributed by atoms with van der Waals surface area (Å²) in [4.78, 5) is 4.48. The molecule has 3 aromatic rings. The predicted molar refractivity (Wildman–Crippen MR) is 127 cm³/mol. The molecule has 182 valence electrons. The molecule has 0 radical (unpaired) electrons. The molecule has 0 amide bonds. The third-order valence-corrected chi connectivity index (χ3v) is 5.67. The Hall–Kier alpha value is -3.58. The highest BCUT2D eigenvalue weighted by Gasteiger charge is 2.39. The quantitative estimate of drug-likeness (QED) is 0.253. The minimum atomic E-state index is -4.77. The Kier molecular flexibility index (Phi) is 8.02. The number of rotatable bonds is 9. The van der Waals surface area contributed by atoms with Crippen molar-refractivity contribution in [1.82, 2.24) is 10.3 Å². The second-order valence-electron chi connectivity index (χ2n) is 8.16. The first-order valence-electron chi connectivity index (χ1n) is 10.8. The van der Waals surface area contributed by atoms with Crippen LogP contribution in [0.15, 0.2) is 97.8 Å². The lowest BCUT2D eigenvalue weighted by molar-refractivity contribution is -0.137. The minimum absolute atomic E-state index is 0.00525. The Bertz CT molecular complexity index is 1230. The molecule has 35 heavy (non-hydrogen) atoms. The van der Waals surface area contributed by atoms with Crippen molar-refractivity contribution < 1.29 is 22.0 Å². The summed E-state index contributed by atoms with van der Waals surface area (Å²) in [6, 6.07) is 11.9. The maximum Gasteiger partial charge on any atom is 0.416 e. The van der Waals surface area contributed by atoms with E-state index in [1.807, 2.05) is 6.92 Å². The van der Waals surface area contributed by atoms with E-state index in [-0.39, 0.29) is 18.5 Å². The molecule has 0 aliphatic carbocycles. The number of halogens is 5. The van der Waals surface area contributed by atoms with Crippen molar-refractivity contribution in [2.75, 3.05) is 0 Å². The van der Waals surface area contributed by atoms with Gasteiger partial charge in [-0.3, -0.25) is 10.3 Å². The number of alkyl halides is 3. The van der Waals surface area contributed by atoms with Gasteiger partial charge >= 0.3 is 6.18 Å². The normalized spacial score (nSPS) is 13.8. The van der Waals surface area contributed by atoms with Crippen LogP contribution in [0.4, 0.5) is 22.0 Å². The molecule has 1 heterocycles. The molecule has 0 fully saturated rings. The van der Waals surface area contributed by atoms with Gasteiger partial charge in [0.2, 0.25) is 0 Å². The molecule has 1 aromatic heterocycles. The number of allylic oxidation sites excluding steroid dienone is 3. The van der Waals surface area contributed by atoms with E-state index >= 15 is 0 Å². The summed E-state index contributed by atoms with van der Waals surface area (Å²) >= 11 is 0. The molecule has 0 spiro atoms. The van der Waals surface area contributed by atoms with Gasteiger partial charge in [0.25, 0.3) is 0 Å². The zero-order chi connectivity index (χ0) is 25.6. The smallest absolute Gasteiger partial charge is 0.298 e. The van der Waals surface area contributed by atoms with Crippen LogP contribution in [0, 0.1) is 18.6 Å². The van der Waals surface area contributed by atoms with Gasteiger partial charge in [-0.2, -0.15) is 13.2 Å². The zero-order valence-corrected chi connectivity index (χ0v) is 19.2. The molecular formula is C28H25F5N2. The second kappa shape index (κ2) is 10.8. The molecule has 1 atom stereocenters. The molecule has 1 N–H and O–H groups in total. The molecule has 2 nitrogen and oxygen atoms in total. The van der Waals surface area contributed by atoms with Gasteiger partial charge in [0.1, 0.15) is 11.6 Å². The van der Waals surface area contributed by atoms with Crippen LogP contribution in [0.25, 0.3) is 0 Å². The van der Waals surface area contributed by atoms with Gasteiger partial charge in [-0.25, -0.2) is 8.78 Å². The molecule has 2 aromatic carbocycles. The summed E-state index contributed by atoms with van der Waals surface area (Å²) < 4.78 is 70.0. The summed E-state index contributed by atoms with van der Waals surface area (Å²) in [6.07, 6.45) is 1.57. The lowest BCUT2D eigenvalue weighted by Crippen LogP contribution is -2.44. The van der Waals surface area contributed by atoms with Crippen molar-refractivity contribution in [2.45, 2.75) is 31.6 Å². The van der Waals surface area contributed by atoms with E-state index in [0.717, 1.165) is 17.7 Å². The van der Waals surface area contributed by atoms with Crippen LogP contribution in [0.3, 0.4) is 0 Å². The number of pyridine rings is 1. The Morgan fingerprint density at radius 1 is 1.00 bits per heavy atom. The van der Waals surface area contributed by atoms with Gasteiger partial charge < -0.3 is 0 Å². The Morgan fingerprint density at radius 3 is 2.31 bits per heavy atom. The molecular weight excluding hydrogens is 459 g/mol. The first kappa shape index (κ1) is 26.0. The van der Waals surface area contributed by atoms with E-state index in [2.05, 4.69) is 23.5 Å². The van der Waals surface area contributed by atoms with E-state index in [4.69, 9.17) is 0 Å². The maximum absolute atomic E-state index is 14.6. The Balaban J connectivity index is 2.30. The molecule has 1 unspecified atom stereocenters. The van der Waals surface area contributed by atoms with Gasteiger partial charge in [-0.1, -0.05) is 55.7 Å². The fraction of sp³-hybridized carbons (Fsp3) is 0.179. The van der Waals surface area contributed by atoms with E-state index in [0.29, 0.717) is 22.9 Å². The number of aryl methyl sites for hydroxylation is 1. The third kappa shape index (κ3) is 6.11. The van der Waals surface area contributed by atoms with E-state index in [1.54, 1.807) is 48.7 Å². The molecule has 0 aliphatic heterocycles. The van der Waals surface area contributed by atoms with Crippen molar-refractivity contribution in [3.8, 4) is 0 Å². The molecule has 7 heteroatoms. The van der Waals surface area contributed by atoms with E-state index in [1.165, 1.54) is 12.1 Å². The molecule has 0 aliphatic rings. The number of nitrogens with zero attached hydrogens (tertiary/aromatic N) is 1. The summed E-state index contributed by atoms with van der Waals surface area (Å²) in [5.41, 5.74) is -0.516.